The molecule has 0 spiro atoms. The summed E-state index contributed by atoms with van der Waals surface area (Å²) in [5, 5.41) is 26.4. The molecule has 0 fully saturated rings. The summed E-state index contributed by atoms with van der Waals surface area (Å²) in [5.74, 6) is -2.60. The van der Waals surface area contributed by atoms with Gasteiger partial charge in [-0.3, -0.25) is 0 Å². The Bertz CT molecular complexity index is 537. The fourth-order valence-electron chi connectivity index (χ4n) is 1.57. The lowest BCUT2D eigenvalue weighted by Crippen LogP contribution is -2.13. The molecule has 0 radical (unpaired) electrons. The molecule has 0 atom stereocenters. The number of carbonyl (C=O) groups is 3. The van der Waals surface area contributed by atoms with E-state index in [4.69, 9.17) is 28.9 Å². The van der Waals surface area contributed by atoms with Crippen LogP contribution in [0.1, 0.15) is 40.0 Å². The Labute approximate surface area is 165 Å². The Morgan fingerprint density at radius 1 is 0.643 bits per heavy atom. The zero-order valence-electron chi connectivity index (χ0n) is 16.2. The molecular formula is C18H27O9P. The zero-order chi connectivity index (χ0) is 21.5. The van der Waals surface area contributed by atoms with Gasteiger partial charge in [-0.1, -0.05) is 18.2 Å². The number of carbonyl (C=O) groups excluding carboxylic acids is 3. The summed E-state index contributed by atoms with van der Waals surface area (Å²) in [7, 11) is -2.68. The van der Waals surface area contributed by atoms with Crippen molar-refractivity contribution in [2.45, 2.75) is 40.0 Å². The predicted molar refractivity (Wildman–Crippen MR) is 102 cm³/mol. The predicted octanol–water partition coefficient (Wildman–Crippen LogP) is 1.83. The highest BCUT2D eigenvalue weighted by Gasteiger charge is 2.29. The van der Waals surface area contributed by atoms with Crippen LogP contribution in [0.2, 0.25) is 0 Å². The fraction of sp³-hybridized carbons (Fsp3) is 0.500. The molecule has 0 aliphatic heterocycles. The van der Waals surface area contributed by atoms with Crippen LogP contribution in [-0.2, 0) is 28.0 Å². The molecule has 10 heteroatoms. The van der Waals surface area contributed by atoms with E-state index in [9.17, 15) is 14.4 Å². The molecular weight excluding hydrogens is 391 g/mol. The van der Waals surface area contributed by atoms with Crippen LogP contribution in [0.15, 0.2) is 34.9 Å². The average molecular weight is 418 g/mol. The first-order valence-electron chi connectivity index (χ1n) is 8.56. The third-order valence-corrected chi connectivity index (χ3v) is 4.12. The number of hydrogen-bond donors (Lipinski definition) is 3. The van der Waals surface area contributed by atoms with Crippen LogP contribution < -0.4 is 0 Å². The smallest absolute Gasteiger partial charge is 0.396 e. The van der Waals surface area contributed by atoms with Crippen molar-refractivity contribution in [2.24, 2.45) is 0 Å². The Kier molecular flexibility index (Phi) is 13.8. The molecule has 0 aromatic carbocycles. The number of hydrogen-bond acceptors (Lipinski definition) is 9. The summed E-state index contributed by atoms with van der Waals surface area (Å²) in [5.41, 5.74) is 0.441. The highest BCUT2D eigenvalue weighted by Crippen LogP contribution is 2.42. The summed E-state index contributed by atoms with van der Waals surface area (Å²) in [6.07, 6.45) is 4.97. The molecule has 0 bridgehead atoms. The first-order chi connectivity index (χ1) is 13.3. The lowest BCUT2D eigenvalue weighted by atomic mass is 10.2. The van der Waals surface area contributed by atoms with Gasteiger partial charge in [-0.15, -0.1) is 0 Å². The molecule has 0 heterocycles. The van der Waals surface area contributed by atoms with Gasteiger partial charge < -0.3 is 28.9 Å². The highest BCUT2D eigenvalue weighted by molar-refractivity contribution is 7.43. The molecule has 28 heavy (non-hydrogen) atoms. The first kappa shape index (κ1) is 25.9. The van der Waals surface area contributed by atoms with Crippen LogP contribution >= 0.6 is 8.60 Å². The molecule has 0 saturated carbocycles. The van der Waals surface area contributed by atoms with E-state index in [1.807, 2.05) is 0 Å². The van der Waals surface area contributed by atoms with E-state index in [0.29, 0.717) is 0 Å². The second-order valence-corrected chi connectivity index (χ2v) is 6.55. The Balaban J connectivity index is 5.28. The van der Waals surface area contributed by atoms with Crippen LogP contribution in [0.5, 0.6) is 0 Å². The molecule has 158 valence electrons. The van der Waals surface area contributed by atoms with Gasteiger partial charge in [0, 0.05) is 36.5 Å². The number of rotatable bonds is 12. The topological polar surface area (TPSA) is 140 Å². The van der Waals surface area contributed by atoms with Crippen LogP contribution in [-0.4, -0.2) is 53.0 Å². The molecule has 0 aliphatic rings. The van der Waals surface area contributed by atoms with Crippen LogP contribution in [0.4, 0.5) is 0 Å². The van der Waals surface area contributed by atoms with Crippen molar-refractivity contribution in [3.63, 3.8) is 0 Å². The van der Waals surface area contributed by atoms with Gasteiger partial charge in [0.1, 0.15) is 0 Å². The molecule has 3 N–H and O–H groups in total. The van der Waals surface area contributed by atoms with Crippen molar-refractivity contribution in [2.75, 3.05) is 19.8 Å². The molecule has 0 rings (SSSR count). The van der Waals surface area contributed by atoms with E-state index in [0.717, 1.165) is 0 Å². The van der Waals surface area contributed by atoms with Gasteiger partial charge in [-0.2, -0.15) is 0 Å². The minimum Gasteiger partial charge on any atom is -0.396 e. The summed E-state index contributed by atoms with van der Waals surface area (Å²) in [6.45, 7) is 3.84. The standard InChI is InChI=1S/C18H27O9P/c1-13(7-4-10-19)16(22)25-28(26-17(23)14(2)8-5-11-20)27-18(24)15(3)9-6-12-21/h7-9,19-21H,4-6,10-12H2,1-3H3. The van der Waals surface area contributed by atoms with Crippen molar-refractivity contribution in [1.29, 1.82) is 0 Å². The van der Waals surface area contributed by atoms with Crippen LogP contribution in [0.25, 0.3) is 0 Å². The van der Waals surface area contributed by atoms with E-state index < -0.39 is 26.5 Å². The summed E-state index contributed by atoms with van der Waals surface area (Å²) < 4.78 is 15.0. The summed E-state index contributed by atoms with van der Waals surface area (Å²) in [6, 6.07) is 0. The lowest BCUT2D eigenvalue weighted by Gasteiger charge is -2.15. The van der Waals surface area contributed by atoms with Crippen molar-refractivity contribution in [1.82, 2.24) is 0 Å². The van der Waals surface area contributed by atoms with Gasteiger partial charge in [0.15, 0.2) is 0 Å². The van der Waals surface area contributed by atoms with Gasteiger partial charge in [0.25, 0.3) is 0 Å². The lowest BCUT2D eigenvalue weighted by molar-refractivity contribution is -0.137. The summed E-state index contributed by atoms with van der Waals surface area (Å²) >= 11 is 0. The van der Waals surface area contributed by atoms with E-state index in [1.54, 1.807) is 0 Å². The zero-order valence-corrected chi connectivity index (χ0v) is 17.1. The first-order valence-corrected chi connectivity index (χ1v) is 9.66. The Morgan fingerprint density at radius 3 is 1.11 bits per heavy atom. The third-order valence-electron chi connectivity index (χ3n) is 3.18. The summed E-state index contributed by atoms with van der Waals surface area (Å²) in [4.78, 5) is 36.2. The van der Waals surface area contributed by atoms with Gasteiger partial charge in [-0.05, 0) is 40.0 Å². The van der Waals surface area contributed by atoms with Crippen LogP contribution in [0.3, 0.4) is 0 Å². The number of aliphatic hydroxyl groups excluding tert-OH is 3. The fourth-order valence-corrected chi connectivity index (χ4v) is 2.52. The van der Waals surface area contributed by atoms with Gasteiger partial charge in [-0.25, -0.2) is 14.4 Å². The monoisotopic (exact) mass is 418 g/mol. The second-order valence-electron chi connectivity index (χ2n) is 5.56. The quantitative estimate of drug-likeness (QED) is 0.320. The molecule has 0 saturated heterocycles. The molecule has 0 aromatic heterocycles. The van der Waals surface area contributed by atoms with Gasteiger partial charge in [0.05, 0.1) is 0 Å². The van der Waals surface area contributed by atoms with Crippen molar-refractivity contribution >= 4 is 26.5 Å². The Hall–Kier alpha value is -2.06. The average Bonchev–Trinajstić information content (AvgIpc) is 2.67. The minimum absolute atomic E-state index is 0.147. The van der Waals surface area contributed by atoms with Crippen LogP contribution in [0, 0.1) is 0 Å². The van der Waals surface area contributed by atoms with E-state index in [1.165, 1.54) is 39.0 Å². The molecule has 0 aliphatic carbocycles. The molecule has 0 aromatic rings. The molecule has 0 amide bonds. The molecule has 9 nitrogen and oxygen atoms in total. The van der Waals surface area contributed by atoms with E-state index in [2.05, 4.69) is 0 Å². The minimum atomic E-state index is -2.68. The molecule has 0 unspecified atom stereocenters. The van der Waals surface area contributed by atoms with E-state index in [-0.39, 0.29) is 55.8 Å². The van der Waals surface area contributed by atoms with Crippen molar-refractivity contribution < 1.29 is 43.3 Å². The van der Waals surface area contributed by atoms with E-state index >= 15 is 0 Å². The second kappa shape index (κ2) is 14.9. The normalized spacial score (nSPS) is 13.7. The van der Waals surface area contributed by atoms with Gasteiger partial charge in [0.2, 0.25) is 0 Å². The third kappa shape index (κ3) is 10.9. The van der Waals surface area contributed by atoms with Gasteiger partial charge >= 0.3 is 26.5 Å². The largest absolute Gasteiger partial charge is 0.537 e. The maximum absolute atomic E-state index is 12.1. The SMILES string of the molecule is CC(=CCCO)C(=O)OP(OC(=O)C(C)=CCCO)OC(=O)C(C)=CCCO. The van der Waals surface area contributed by atoms with Crippen molar-refractivity contribution in [3.05, 3.63) is 34.9 Å². The highest BCUT2D eigenvalue weighted by atomic mass is 31.2. The maximum Gasteiger partial charge on any atom is 0.537 e. The van der Waals surface area contributed by atoms with Crippen molar-refractivity contribution in [3.8, 4) is 0 Å². The Morgan fingerprint density at radius 2 is 0.893 bits per heavy atom. The maximum atomic E-state index is 12.1. The number of aliphatic hydroxyl groups is 3.